The highest BCUT2D eigenvalue weighted by Gasteiger charge is 2.39. The Balaban J connectivity index is 0.707. The SMILES string of the molecule is O=C1CCC(N2Cc3cc(N4CCN(CCCN5CCC(COc6ccc(C(=O)c7c(-c8ccc(F)cc8)sc8cc(B(O)O)ccc78)cc6)CC5)CC4)ccc3C2=O)C(=O)N1. The molecule has 0 bridgehead atoms. The molecule has 4 aliphatic rings. The third kappa shape index (κ3) is 8.91. The zero-order valence-electron chi connectivity index (χ0n) is 34.4. The minimum atomic E-state index is -1.63. The van der Waals surface area contributed by atoms with Gasteiger partial charge in [-0.15, -0.1) is 11.3 Å². The highest BCUT2D eigenvalue weighted by molar-refractivity contribution is 7.23. The molecule has 0 aliphatic carbocycles. The number of carbonyl (C=O) groups excluding carboxylic acids is 4. The van der Waals surface area contributed by atoms with Crippen LogP contribution in [0.3, 0.4) is 0 Å². The Kier molecular flexibility index (Phi) is 12.2. The lowest BCUT2D eigenvalue weighted by molar-refractivity contribution is -0.136. The second-order valence-electron chi connectivity index (χ2n) is 16.8. The van der Waals surface area contributed by atoms with Crippen LogP contribution in [0.15, 0.2) is 84.9 Å². The number of rotatable bonds is 13. The summed E-state index contributed by atoms with van der Waals surface area (Å²) in [6.07, 6.45) is 3.86. The lowest BCUT2D eigenvalue weighted by Gasteiger charge is -2.37. The Morgan fingerprint density at radius 3 is 2.27 bits per heavy atom. The number of imide groups is 1. The molecular weight excluding hydrogens is 808 g/mol. The molecule has 3 N–H and O–H groups in total. The number of anilines is 1. The van der Waals surface area contributed by atoms with E-state index >= 15 is 0 Å². The van der Waals surface area contributed by atoms with Crippen molar-refractivity contribution in [3.05, 3.63) is 113 Å². The van der Waals surface area contributed by atoms with E-state index in [2.05, 4.69) is 26.1 Å². The molecule has 1 atom stereocenters. The second-order valence-corrected chi connectivity index (χ2v) is 17.9. The average Bonchev–Trinajstić information content (AvgIpc) is 3.83. The van der Waals surface area contributed by atoms with E-state index in [0.29, 0.717) is 69.2 Å². The molecule has 9 rings (SSSR count). The molecule has 1 aromatic heterocycles. The summed E-state index contributed by atoms with van der Waals surface area (Å²) in [6.45, 7) is 9.00. The van der Waals surface area contributed by atoms with Crippen molar-refractivity contribution < 1.29 is 38.4 Å². The molecule has 0 saturated carbocycles. The number of hydrogen-bond acceptors (Lipinski definition) is 11. The van der Waals surface area contributed by atoms with E-state index in [4.69, 9.17) is 4.74 Å². The first-order chi connectivity index (χ1) is 30.1. The Labute approximate surface area is 364 Å². The summed E-state index contributed by atoms with van der Waals surface area (Å²) in [6, 6.07) is 23.6. The molecule has 3 fully saturated rings. The Hall–Kier alpha value is -5.45. The monoisotopic (exact) mass is 857 g/mol. The molecule has 3 amide bonds. The molecule has 15 heteroatoms. The zero-order chi connectivity index (χ0) is 42.9. The van der Waals surface area contributed by atoms with Gasteiger partial charge in [-0.2, -0.15) is 0 Å². The number of ketones is 1. The van der Waals surface area contributed by atoms with Gasteiger partial charge in [0.25, 0.3) is 5.91 Å². The van der Waals surface area contributed by atoms with E-state index in [1.165, 1.54) is 23.5 Å². The Morgan fingerprint density at radius 1 is 0.839 bits per heavy atom. The molecule has 4 aromatic carbocycles. The fourth-order valence-electron chi connectivity index (χ4n) is 9.25. The number of halogens is 1. The van der Waals surface area contributed by atoms with E-state index in [1.54, 1.807) is 47.4 Å². The minimum absolute atomic E-state index is 0.143. The fraction of sp³-hybridized carbons (Fsp3) is 0.362. The molecule has 0 radical (unpaired) electrons. The van der Waals surface area contributed by atoms with Crippen LogP contribution < -0.4 is 20.4 Å². The van der Waals surface area contributed by atoms with Gasteiger partial charge in [0.15, 0.2) is 5.78 Å². The standard InChI is InChI=1S/C47H49BFN5O7S/c49-35-7-2-32(3-8-35)45-43(39-12-6-34(48(59)60)27-41(39)62-45)44(56)31-4-10-37(11-5-31)61-29-30-16-20-51(21-17-30)18-1-19-52-22-24-53(25-23-52)36-9-13-38-33(26-36)28-54(47(38)58)40-14-15-42(55)50-46(40)57/h2-13,26-27,30,40,59-60H,1,14-25,28-29H2,(H,50,55,57). The number of hydrogen-bond donors (Lipinski definition) is 3. The number of benzene rings is 4. The van der Waals surface area contributed by atoms with Gasteiger partial charge in [-0.25, -0.2) is 4.39 Å². The van der Waals surface area contributed by atoms with Gasteiger partial charge in [-0.1, -0.05) is 24.3 Å². The quantitative estimate of drug-likeness (QED) is 0.0869. The highest BCUT2D eigenvalue weighted by Crippen LogP contribution is 2.40. The number of likely N-dealkylation sites (tertiary alicyclic amines) is 1. The third-order valence-electron chi connectivity index (χ3n) is 12.8. The molecule has 12 nitrogen and oxygen atoms in total. The van der Waals surface area contributed by atoms with Crippen LogP contribution in [-0.4, -0.2) is 120 Å². The van der Waals surface area contributed by atoms with Crippen LogP contribution in [0.2, 0.25) is 0 Å². The number of piperidine rings is 2. The Bertz CT molecular complexity index is 2480. The van der Waals surface area contributed by atoms with Crippen LogP contribution in [0.4, 0.5) is 10.1 Å². The average molecular weight is 858 g/mol. The lowest BCUT2D eigenvalue weighted by atomic mass is 9.80. The molecule has 320 valence electrons. The topological polar surface area (TPSA) is 143 Å². The van der Waals surface area contributed by atoms with Crippen LogP contribution in [-0.2, 0) is 16.1 Å². The van der Waals surface area contributed by atoms with E-state index in [-0.39, 0.29) is 35.7 Å². The fourth-order valence-corrected chi connectivity index (χ4v) is 10.5. The highest BCUT2D eigenvalue weighted by atomic mass is 32.1. The van der Waals surface area contributed by atoms with Gasteiger partial charge >= 0.3 is 7.12 Å². The number of nitrogens with zero attached hydrogens (tertiary/aromatic N) is 4. The predicted molar refractivity (Wildman–Crippen MR) is 237 cm³/mol. The summed E-state index contributed by atoms with van der Waals surface area (Å²) in [5.74, 6) is -0.193. The van der Waals surface area contributed by atoms with Crippen molar-refractivity contribution >= 4 is 63.2 Å². The first-order valence-corrected chi connectivity index (χ1v) is 22.3. The van der Waals surface area contributed by atoms with Gasteiger partial charge in [0.05, 0.1) is 6.61 Å². The maximum absolute atomic E-state index is 14.0. The number of amides is 3. The van der Waals surface area contributed by atoms with Crippen molar-refractivity contribution in [3.8, 4) is 16.2 Å². The smallest absolute Gasteiger partial charge is 0.488 e. The van der Waals surface area contributed by atoms with Gasteiger partial charge in [0.2, 0.25) is 11.8 Å². The normalized spacial score (nSPS) is 19.0. The number of ether oxygens (including phenoxy) is 1. The van der Waals surface area contributed by atoms with E-state index in [9.17, 15) is 33.6 Å². The van der Waals surface area contributed by atoms with E-state index in [0.717, 1.165) is 87.6 Å². The molecule has 0 spiro atoms. The summed E-state index contributed by atoms with van der Waals surface area (Å²) >= 11 is 1.36. The van der Waals surface area contributed by atoms with E-state index in [1.807, 2.05) is 24.3 Å². The number of thiophene rings is 1. The van der Waals surface area contributed by atoms with Crippen LogP contribution in [0.1, 0.15) is 63.9 Å². The molecule has 4 aliphatic heterocycles. The largest absolute Gasteiger partial charge is 0.493 e. The second kappa shape index (κ2) is 18.1. The van der Waals surface area contributed by atoms with E-state index < -0.39 is 13.2 Å². The van der Waals surface area contributed by atoms with Gasteiger partial charge in [0, 0.05) is 76.5 Å². The van der Waals surface area contributed by atoms with Crippen molar-refractivity contribution in [2.45, 2.75) is 44.7 Å². The molecular formula is C47H49BFN5O7S. The van der Waals surface area contributed by atoms with Crippen molar-refractivity contribution in [1.29, 1.82) is 0 Å². The van der Waals surface area contributed by atoms with Crippen molar-refractivity contribution in [2.75, 3.05) is 63.9 Å². The predicted octanol–water partition coefficient (Wildman–Crippen LogP) is 4.68. The van der Waals surface area contributed by atoms with Gasteiger partial charge in [-0.05, 0) is 135 Å². The van der Waals surface area contributed by atoms with Crippen molar-refractivity contribution in [1.82, 2.24) is 20.0 Å². The number of piperazine rings is 1. The lowest BCUT2D eigenvalue weighted by Crippen LogP contribution is -2.52. The number of fused-ring (bicyclic) bond motifs is 2. The van der Waals surface area contributed by atoms with Gasteiger partial charge in [0.1, 0.15) is 17.6 Å². The van der Waals surface area contributed by atoms with Crippen molar-refractivity contribution in [3.63, 3.8) is 0 Å². The van der Waals surface area contributed by atoms with Gasteiger partial charge in [-0.3, -0.25) is 29.4 Å². The molecule has 5 heterocycles. The first-order valence-electron chi connectivity index (χ1n) is 21.5. The van der Waals surface area contributed by atoms with Crippen LogP contribution in [0.25, 0.3) is 20.5 Å². The summed E-state index contributed by atoms with van der Waals surface area (Å²) in [5.41, 5.74) is 4.71. The zero-order valence-corrected chi connectivity index (χ0v) is 35.2. The molecule has 62 heavy (non-hydrogen) atoms. The van der Waals surface area contributed by atoms with Gasteiger partial charge < -0.3 is 29.5 Å². The molecule has 1 unspecified atom stereocenters. The number of carbonyl (C=O) groups is 4. The molecule has 5 aromatic rings. The first kappa shape index (κ1) is 41.9. The van der Waals surface area contributed by atoms with Crippen LogP contribution in [0.5, 0.6) is 5.75 Å². The van der Waals surface area contributed by atoms with Crippen LogP contribution in [0, 0.1) is 11.7 Å². The maximum Gasteiger partial charge on any atom is 0.488 e. The summed E-state index contributed by atoms with van der Waals surface area (Å²) in [7, 11) is -1.63. The number of nitrogens with one attached hydrogen (secondary N) is 1. The Morgan fingerprint density at radius 2 is 1.56 bits per heavy atom. The summed E-state index contributed by atoms with van der Waals surface area (Å²) in [4.78, 5) is 61.0. The maximum atomic E-state index is 14.0. The third-order valence-corrected chi connectivity index (χ3v) is 14.0. The van der Waals surface area contributed by atoms with Crippen molar-refractivity contribution in [2.24, 2.45) is 5.92 Å². The summed E-state index contributed by atoms with van der Waals surface area (Å²) < 4.78 is 20.7. The minimum Gasteiger partial charge on any atom is -0.493 e. The summed E-state index contributed by atoms with van der Waals surface area (Å²) in [5, 5.41) is 22.5. The van der Waals surface area contributed by atoms with Crippen LogP contribution >= 0.6 is 11.3 Å². The molecule has 3 saturated heterocycles.